The van der Waals surface area contributed by atoms with Crippen LogP contribution in [0, 0.1) is 11.3 Å². The molecule has 0 atom stereocenters. The van der Waals surface area contributed by atoms with Crippen LogP contribution in [0.15, 0.2) is 29.2 Å². The van der Waals surface area contributed by atoms with E-state index in [1.165, 1.54) is 4.90 Å². The quantitative estimate of drug-likeness (QED) is 0.549. The molecule has 0 spiro atoms. The lowest BCUT2D eigenvalue weighted by atomic mass is 9.74. The molecule has 152 valence electrons. The smallest absolute Gasteiger partial charge is 0.410 e. The van der Waals surface area contributed by atoms with Gasteiger partial charge in [-0.25, -0.2) is 4.79 Å². The fourth-order valence-corrected chi connectivity index (χ4v) is 3.54. The molecule has 0 radical (unpaired) electrons. The standard InChI is InChI=1S/C17H21F5N2O2S/c1-16(2,3)26-15(25)24-10-8-17(12-23,9-11-24)13-4-6-14(7-5-13)27(18,19,20,21)22/h4-7H,8-11H2,1-3H3. The van der Waals surface area contributed by atoms with Crippen molar-refractivity contribution in [3.05, 3.63) is 29.8 Å². The summed E-state index contributed by atoms with van der Waals surface area (Å²) in [5, 5.41) is 9.59. The van der Waals surface area contributed by atoms with E-state index in [1.807, 2.05) is 0 Å². The number of likely N-dealkylation sites (tertiary alicyclic amines) is 1. The number of carbonyl (C=O) groups is 1. The van der Waals surface area contributed by atoms with E-state index in [4.69, 9.17) is 4.74 Å². The summed E-state index contributed by atoms with van der Waals surface area (Å²) in [6.07, 6.45) is -0.206. The molecule has 0 aromatic heterocycles. The van der Waals surface area contributed by atoms with Gasteiger partial charge < -0.3 is 9.64 Å². The summed E-state index contributed by atoms with van der Waals surface area (Å²) in [4.78, 5) is 11.5. The molecule has 0 saturated carbocycles. The van der Waals surface area contributed by atoms with Crippen LogP contribution >= 0.6 is 10.2 Å². The molecule has 1 aromatic carbocycles. The number of nitrogens with zero attached hydrogens (tertiary/aromatic N) is 2. The number of nitriles is 1. The van der Waals surface area contributed by atoms with E-state index in [2.05, 4.69) is 6.07 Å². The topological polar surface area (TPSA) is 53.3 Å². The minimum atomic E-state index is -9.75. The van der Waals surface area contributed by atoms with E-state index < -0.39 is 32.2 Å². The second-order valence-electron chi connectivity index (χ2n) is 7.65. The third-order valence-corrected chi connectivity index (χ3v) is 5.50. The summed E-state index contributed by atoms with van der Waals surface area (Å²) in [7, 11) is -9.75. The predicted octanol–water partition coefficient (Wildman–Crippen LogP) is 6.14. The van der Waals surface area contributed by atoms with Crippen LogP contribution in [-0.2, 0) is 10.2 Å². The number of amides is 1. The normalized spacial score (nSPS) is 20.2. The number of benzene rings is 1. The molecule has 2 rings (SSSR count). The lowest BCUT2D eigenvalue weighted by molar-refractivity contribution is 0.0185. The fourth-order valence-electron chi connectivity index (χ4n) is 2.89. The van der Waals surface area contributed by atoms with Gasteiger partial charge in [0.2, 0.25) is 0 Å². The first-order valence-electron chi connectivity index (χ1n) is 8.20. The Morgan fingerprint density at radius 2 is 1.59 bits per heavy atom. The summed E-state index contributed by atoms with van der Waals surface area (Å²) in [5.74, 6) is 0. The first-order valence-corrected chi connectivity index (χ1v) is 10.1. The highest BCUT2D eigenvalue weighted by atomic mass is 32.5. The van der Waals surface area contributed by atoms with Crippen LogP contribution in [0.25, 0.3) is 0 Å². The molecule has 1 aliphatic heterocycles. The maximum absolute atomic E-state index is 12.9. The Hall–Kier alpha value is -2.02. The highest BCUT2D eigenvalue weighted by molar-refractivity contribution is 8.45. The predicted molar refractivity (Wildman–Crippen MR) is 92.2 cm³/mol. The number of ether oxygens (including phenoxy) is 1. The Morgan fingerprint density at radius 3 is 1.96 bits per heavy atom. The van der Waals surface area contributed by atoms with Gasteiger partial charge in [-0.3, -0.25) is 0 Å². The van der Waals surface area contributed by atoms with Gasteiger partial charge in [-0.05, 0) is 51.3 Å². The summed E-state index contributed by atoms with van der Waals surface area (Å²) < 4.78 is 69.5. The Labute approximate surface area is 154 Å². The zero-order valence-corrected chi connectivity index (χ0v) is 16.0. The monoisotopic (exact) mass is 412 g/mol. The molecular weight excluding hydrogens is 391 g/mol. The fraction of sp³-hybridized carbons (Fsp3) is 0.529. The van der Waals surface area contributed by atoms with Crippen molar-refractivity contribution in [2.45, 2.75) is 49.5 Å². The Morgan fingerprint density at radius 1 is 1.11 bits per heavy atom. The Bertz CT molecular complexity index is 771. The zero-order chi connectivity index (χ0) is 20.8. The third-order valence-electron chi connectivity index (χ3n) is 4.34. The van der Waals surface area contributed by atoms with Gasteiger partial charge in [-0.2, -0.15) is 5.26 Å². The van der Waals surface area contributed by atoms with E-state index >= 15 is 0 Å². The van der Waals surface area contributed by atoms with Crippen molar-refractivity contribution in [1.29, 1.82) is 5.26 Å². The lowest BCUT2D eigenvalue weighted by Crippen LogP contribution is -2.46. The highest BCUT2D eigenvalue weighted by Crippen LogP contribution is 3.02. The number of hydrogen-bond acceptors (Lipinski definition) is 3. The summed E-state index contributed by atoms with van der Waals surface area (Å²) >= 11 is 0. The van der Waals surface area contributed by atoms with Crippen molar-refractivity contribution in [1.82, 2.24) is 4.90 Å². The number of hydrogen-bond donors (Lipinski definition) is 0. The molecule has 4 nitrogen and oxygen atoms in total. The number of rotatable bonds is 2. The van der Waals surface area contributed by atoms with E-state index in [-0.39, 0.29) is 31.5 Å². The van der Waals surface area contributed by atoms with E-state index in [0.717, 1.165) is 12.1 Å². The average Bonchev–Trinajstić information content (AvgIpc) is 2.51. The lowest BCUT2D eigenvalue weighted by Gasteiger charge is -2.41. The molecular formula is C17H21F5N2O2S. The van der Waals surface area contributed by atoms with Crippen LogP contribution in [0.3, 0.4) is 0 Å². The molecule has 1 heterocycles. The highest BCUT2D eigenvalue weighted by Gasteiger charge is 2.65. The van der Waals surface area contributed by atoms with Gasteiger partial charge >= 0.3 is 16.3 Å². The van der Waals surface area contributed by atoms with Crippen LogP contribution in [0.4, 0.5) is 24.2 Å². The van der Waals surface area contributed by atoms with Gasteiger partial charge in [0.25, 0.3) is 0 Å². The molecule has 0 N–H and O–H groups in total. The maximum Gasteiger partial charge on any atom is 0.410 e. The van der Waals surface area contributed by atoms with E-state index in [1.54, 1.807) is 20.8 Å². The summed E-state index contributed by atoms with van der Waals surface area (Å²) in [6, 6.07) is 4.54. The van der Waals surface area contributed by atoms with Gasteiger partial charge in [-0.1, -0.05) is 31.6 Å². The molecule has 27 heavy (non-hydrogen) atoms. The first kappa shape index (κ1) is 21.3. The van der Waals surface area contributed by atoms with Gasteiger partial charge in [-0.15, -0.1) is 0 Å². The Kier molecular flexibility index (Phi) is 4.52. The van der Waals surface area contributed by atoms with Crippen LogP contribution in [0.2, 0.25) is 0 Å². The van der Waals surface area contributed by atoms with Crippen LogP contribution in [-0.4, -0.2) is 29.7 Å². The van der Waals surface area contributed by atoms with Crippen LogP contribution in [0.1, 0.15) is 39.2 Å². The Balaban J connectivity index is 2.19. The maximum atomic E-state index is 12.9. The molecule has 1 saturated heterocycles. The summed E-state index contributed by atoms with van der Waals surface area (Å²) in [5.41, 5.74) is -1.60. The van der Waals surface area contributed by atoms with Crippen LogP contribution < -0.4 is 0 Å². The SMILES string of the molecule is CC(C)(C)OC(=O)N1CCC(C#N)(c2ccc(S(F)(F)(F)(F)F)cc2)CC1. The van der Waals surface area contributed by atoms with Crippen molar-refractivity contribution < 1.29 is 29.0 Å². The van der Waals surface area contributed by atoms with Crippen molar-refractivity contribution >= 4 is 16.3 Å². The van der Waals surface area contributed by atoms with Gasteiger partial charge in [0.1, 0.15) is 10.5 Å². The minimum absolute atomic E-state index is 0.165. The molecule has 0 aliphatic carbocycles. The van der Waals surface area contributed by atoms with Crippen molar-refractivity contribution in [2.24, 2.45) is 0 Å². The van der Waals surface area contributed by atoms with Crippen molar-refractivity contribution in [2.75, 3.05) is 13.1 Å². The first-order chi connectivity index (χ1) is 12.0. The number of halogens is 5. The molecule has 1 aliphatic rings. The minimum Gasteiger partial charge on any atom is -0.444 e. The average molecular weight is 412 g/mol. The van der Waals surface area contributed by atoms with Crippen LogP contribution in [0.5, 0.6) is 0 Å². The molecule has 0 bridgehead atoms. The van der Waals surface area contributed by atoms with E-state index in [9.17, 15) is 29.5 Å². The number of piperidine rings is 1. The van der Waals surface area contributed by atoms with Gasteiger partial charge in [0, 0.05) is 13.1 Å². The van der Waals surface area contributed by atoms with Gasteiger partial charge in [0.15, 0.2) is 0 Å². The molecule has 1 amide bonds. The van der Waals surface area contributed by atoms with E-state index in [0.29, 0.717) is 12.1 Å². The molecule has 1 fully saturated rings. The summed E-state index contributed by atoms with van der Waals surface area (Å²) in [6.45, 7) is 5.50. The second-order valence-corrected chi connectivity index (χ2v) is 10.1. The largest absolute Gasteiger partial charge is 0.444 e. The third kappa shape index (κ3) is 5.03. The van der Waals surface area contributed by atoms with Crippen molar-refractivity contribution in [3.8, 4) is 6.07 Å². The molecule has 1 aromatic rings. The molecule has 0 unspecified atom stereocenters. The zero-order valence-electron chi connectivity index (χ0n) is 15.1. The number of carbonyl (C=O) groups excluding carboxylic acids is 1. The van der Waals surface area contributed by atoms with Gasteiger partial charge in [0.05, 0.1) is 11.5 Å². The van der Waals surface area contributed by atoms with Crippen molar-refractivity contribution in [3.63, 3.8) is 0 Å². The molecule has 10 heteroatoms. The second kappa shape index (κ2) is 5.74.